The molecule has 26 heavy (non-hydrogen) atoms. The molecular weight excluding hydrogens is 399 g/mol. The third-order valence-corrected chi connectivity index (χ3v) is 5.84. The monoisotopic (exact) mass is 416 g/mol. The van der Waals surface area contributed by atoms with Gasteiger partial charge in [-0.3, -0.25) is 4.79 Å². The Balaban J connectivity index is 2.11. The van der Waals surface area contributed by atoms with Gasteiger partial charge in [0.2, 0.25) is 15.9 Å². The van der Waals surface area contributed by atoms with E-state index in [9.17, 15) is 13.2 Å². The molecule has 1 amide bonds. The van der Waals surface area contributed by atoms with Crippen LogP contribution in [0.3, 0.4) is 0 Å². The summed E-state index contributed by atoms with van der Waals surface area (Å²) < 4.78 is 32.2. The van der Waals surface area contributed by atoms with Crippen molar-refractivity contribution in [2.75, 3.05) is 12.4 Å². The first-order valence-corrected chi connectivity index (χ1v) is 9.81. The molecule has 2 aromatic rings. The van der Waals surface area contributed by atoms with Crippen LogP contribution in [0.4, 0.5) is 5.69 Å². The maximum Gasteiger partial charge on any atom is 0.242 e. The Morgan fingerprint density at radius 3 is 2.38 bits per heavy atom. The van der Waals surface area contributed by atoms with Gasteiger partial charge in [-0.2, -0.15) is 4.72 Å². The zero-order valence-electron chi connectivity index (χ0n) is 14.3. The van der Waals surface area contributed by atoms with Crippen molar-refractivity contribution in [1.29, 1.82) is 0 Å². The van der Waals surface area contributed by atoms with Gasteiger partial charge in [0.25, 0.3) is 0 Å². The smallest absolute Gasteiger partial charge is 0.242 e. The highest BCUT2D eigenvalue weighted by Crippen LogP contribution is 2.27. The van der Waals surface area contributed by atoms with Crippen molar-refractivity contribution >= 4 is 44.8 Å². The van der Waals surface area contributed by atoms with Crippen molar-refractivity contribution in [2.45, 2.75) is 24.8 Å². The molecule has 140 valence electrons. The molecule has 0 spiro atoms. The number of anilines is 1. The third-order valence-electron chi connectivity index (χ3n) is 3.60. The number of carbonyl (C=O) groups is 1. The number of hydrogen-bond donors (Lipinski definition) is 2. The molecule has 6 nitrogen and oxygen atoms in total. The predicted molar refractivity (Wildman–Crippen MR) is 103 cm³/mol. The highest BCUT2D eigenvalue weighted by Gasteiger charge is 2.23. The number of hydrogen-bond acceptors (Lipinski definition) is 4. The molecule has 0 saturated carbocycles. The van der Waals surface area contributed by atoms with Crippen molar-refractivity contribution in [1.82, 2.24) is 4.72 Å². The molecule has 0 aliphatic rings. The molecule has 2 rings (SSSR count). The predicted octanol–water partition coefficient (Wildman–Crippen LogP) is 3.62. The third kappa shape index (κ3) is 4.88. The van der Waals surface area contributed by atoms with E-state index in [1.807, 2.05) is 6.92 Å². The van der Waals surface area contributed by atoms with Gasteiger partial charge in [-0.05, 0) is 49.7 Å². The van der Waals surface area contributed by atoms with Gasteiger partial charge in [0.15, 0.2) is 0 Å². The second-order valence-corrected chi connectivity index (χ2v) is 8.12. The SMILES string of the molecule is COc1ccc(S(=O)(=O)NC(C)C(=O)Nc2ccc(C)c(Cl)c2)cc1Cl. The number of carbonyl (C=O) groups excluding carboxylic acids is 1. The number of benzene rings is 2. The average Bonchev–Trinajstić information content (AvgIpc) is 2.57. The quantitative estimate of drug-likeness (QED) is 0.752. The zero-order chi connectivity index (χ0) is 19.5. The highest BCUT2D eigenvalue weighted by atomic mass is 35.5. The van der Waals surface area contributed by atoms with E-state index in [-0.39, 0.29) is 9.92 Å². The Labute approximate surface area is 162 Å². The van der Waals surface area contributed by atoms with E-state index in [1.54, 1.807) is 18.2 Å². The minimum Gasteiger partial charge on any atom is -0.495 e. The van der Waals surface area contributed by atoms with Gasteiger partial charge in [0.1, 0.15) is 5.75 Å². The lowest BCUT2D eigenvalue weighted by Gasteiger charge is -2.15. The fraction of sp³-hybridized carbons (Fsp3) is 0.235. The lowest BCUT2D eigenvalue weighted by molar-refractivity contribution is -0.117. The Kier molecular flexibility index (Phi) is 6.52. The number of amides is 1. The van der Waals surface area contributed by atoms with Gasteiger partial charge >= 0.3 is 0 Å². The van der Waals surface area contributed by atoms with Crippen LogP contribution in [0.1, 0.15) is 12.5 Å². The number of nitrogens with one attached hydrogen (secondary N) is 2. The van der Waals surface area contributed by atoms with Crippen molar-refractivity contribution in [3.8, 4) is 5.75 Å². The summed E-state index contributed by atoms with van der Waals surface area (Å²) in [7, 11) is -2.51. The van der Waals surface area contributed by atoms with Gasteiger partial charge in [-0.15, -0.1) is 0 Å². The molecule has 0 aliphatic heterocycles. The van der Waals surface area contributed by atoms with Crippen molar-refractivity contribution in [2.24, 2.45) is 0 Å². The van der Waals surface area contributed by atoms with E-state index < -0.39 is 22.0 Å². The van der Waals surface area contributed by atoms with E-state index in [0.29, 0.717) is 16.5 Å². The zero-order valence-corrected chi connectivity index (χ0v) is 16.7. The molecule has 1 atom stereocenters. The van der Waals surface area contributed by atoms with E-state index in [1.165, 1.54) is 32.2 Å². The average molecular weight is 417 g/mol. The molecule has 0 heterocycles. The van der Waals surface area contributed by atoms with Crippen LogP contribution < -0.4 is 14.8 Å². The number of rotatable bonds is 6. The minimum atomic E-state index is -3.94. The molecule has 1 unspecified atom stereocenters. The lowest BCUT2D eigenvalue weighted by Crippen LogP contribution is -2.41. The van der Waals surface area contributed by atoms with Crippen LogP contribution >= 0.6 is 23.2 Å². The highest BCUT2D eigenvalue weighted by molar-refractivity contribution is 7.89. The van der Waals surface area contributed by atoms with Gasteiger partial charge in [0.05, 0.1) is 23.1 Å². The van der Waals surface area contributed by atoms with E-state index in [2.05, 4.69) is 10.0 Å². The van der Waals surface area contributed by atoms with Gasteiger partial charge in [-0.1, -0.05) is 29.3 Å². The van der Waals surface area contributed by atoms with Crippen LogP contribution in [0, 0.1) is 6.92 Å². The summed E-state index contributed by atoms with van der Waals surface area (Å²) in [6, 6.07) is 8.07. The Morgan fingerprint density at radius 1 is 1.12 bits per heavy atom. The maximum absolute atomic E-state index is 12.4. The molecule has 0 saturated heterocycles. The van der Waals surface area contributed by atoms with Crippen LogP contribution in [0.5, 0.6) is 5.75 Å². The maximum atomic E-state index is 12.4. The van der Waals surface area contributed by atoms with E-state index in [4.69, 9.17) is 27.9 Å². The number of halogens is 2. The molecular formula is C17H18Cl2N2O4S. The van der Waals surface area contributed by atoms with E-state index >= 15 is 0 Å². The Morgan fingerprint density at radius 2 is 1.81 bits per heavy atom. The standard InChI is InChI=1S/C17H18Cl2N2O4S/c1-10-4-5-12(8-14(10)18)20-17(22)11(2)21-26(23,24)13-6-7-16(25-3)15(19)9-13/h4-9,11,21H,1-3H3,(H,20,22). The van der Waals surface area contributed by atoms with Crippen LogP contribution in [0.15, 0.2) is 41.3 Å². The first-order chi connectivity index (χ1) is 12.1. The van der Waals surface area contributed by atoms with E-state index in [0.717, 1.165) is 5.56 Å². The molecule has 2 N–H and O–H groups in total. The van der Waals surface area contributed by atoms with Crippen molar-refractivity contribution in [3.63, 3.8) is 0 Å². The first kappa shape index (κ1) is 20.5. The van der Waals surface area contributed by atoms with Crippen molar-refractivity contribution in [3.05, 3.63) is 52.0 Å². The molecule has 0 aliphatic carbocycles. The molecule has 2 aromatic carbocycles. The molecule has 0 bridgehead atoms. The molecule has 0 fully saturated rings. The van der Waals surface area contributed by atoms with Gasteiger partial charge < -0.3 is 10.1 Å². The van der Waals surface area contributed by atoms with Crippen LogP contribution in [0.2, 0.25) is 10.0 Å². The number of ether oxygens (including phenoxy) is 1. The Hall–Kier alpha value is -1.80. The fourth-order valence-corrected chi connectivity index (χ4v) is 3.82. The molecule has 0 aromatic heterocycles. The summed E-state index contributed by atoms with van der Waals surface area (Å²) in [6.07, 6.45) is 0. The first-order valence-electron chi connectivity index (χ1n) is 7.57. The summed E-state index contributed by atoms with van der Waals surface area (Å²) in [6.45, 7) is 3.28. The fourth-order valence-electron chi connectivity index (χ4n) is 2.09. The van der Waals surface area contributed by atoms with Crippen LogP contribution in [0.25, 0.3) is 0 Å². The normalized spacial score (nSPS) is 12.5. The summed E-state index contributed by atoms with van der Waals surface area (Å²) in [5.41, 5.74) is 1.35. The summed E-state index contributed by atoms with van der Waals surface area (Å²) in [5, 5.41) is 3.28. The molecule has 9 heteroatoms. The van der Waals surface area contributed by atoms with Gasteiger partial charge in [-0.25, -0.2) is 8.42 Å². The number of methoxy groups -OCH3 is 1. The minimum absolute atomic E-state index is 0.0682. The number of aryl methyl sites for hydroxylation is 1. The van der Waals surface area contributed by atoms with Crippen molar-refractivity contribution < 1.29 is 17.9 Å². The summed E-state index contributed by atoms with van der Waals surface area (Å²) >= 11 is 12.0. The second-order valence-electron chi connectivity index (χ2n) is 5.59. The van der Waals surface area contributed by atoms with Gasteiger partial charge in [0, 0.05) is 10.7 Å². The largest absolute Gasteiger partial charge is 0.495 e. The van der Waals surface area contributed by atoms with Crippen LogP contribution in [-0.2, 0) is 14.8 Å². The summed E-state index contributed by atoms with van der Waals surface area (Å²) in [5.74, 6) is -0.166. The number of sulfonamides is 1. The topological polar surface area (TPSA) is 84.5 Å². The molecule has 0 radical (unpaired) electrons. The summed E-state index contributed by atoms with van der Waals surface area (Å²) in [4.78, 5) is 12.2. The van der Waals surface area contributed by atoms with Crippen LogP contribution in [-0.4, -0.2) is 27.5 Å². The Bertz CT molecular complexity index is 932. The second kappa shape index (κ2) is 8.26. The lowest BCUT2D eigenvalue weighted by atomic mass is 10.2.